The first kappa shape index (κ1) is 15.7. The van der Waals surface area contributed by atoms with E-state index in [1.165, 1.54) is 12.2 Å². The highest BCUT2D eigenvalue weighted by Gasteiger charge is 2.48. The average Bonchev–Trinajstić information content (AvgIpc) is 3.30. The summed E-state index contributed by atoms with van der Waals surface area (Å²) in [5.41, 5.74) is 0.129. The normalized spacial score (nSPS) is 31.1. The topological polar surface area (TPSA) is 69.6 Å². The maximum absolute atomic E-state index is 12.6. The van der Waals surface area contributed by atoms with E-state index in [-0.39, 0.29) is 28.7 Å². The molecule has 7 heteroatoms. The Morgan fingerprint density at radius 3 is 2.27 bits per heavy atom. The number of aliphatic carboxylic acids is 1. The molecule has 2 unspecified atom stereocenters. The number of halogens is 2. The molecule has 2 amide bonds. The van der Waals surface area contributed by atoms with Crippen LogP contribution in [-0.4, -0.2) is 39.1 Å². The van der Waals surface area contributed by atoms with Gasteiger partial charge in [-0.05, 0) is 31.8 Å². The lowest BCUT2D eigenvalue weighted by Crippen LogP contribution is -2.56. The Bertz CT molecular complexity index is 569. The van der Waals surface area contributed by atoms with Crippen molar-refractivity contribution in [2.45, 2.75) is 49.7 Å². The van der Waals surface area contributed by atoms with Crippen molar-refractivity contribution < 1.29 is 14.7 Å². The molecule has 0 aromatic heterocycles. The largest absolute Gasteiger partial charge is 0.478 e. The Hall–Kier alpha value is -1.20. The third-order valence-corrected chi connectivity index (χ3v) is 5.62. The van der Waals surface area contributed by atoms with Crippen LogP contribution in [0.2, 0.25) is 0 Å². The molecule has 0 spiro atoms. The second-order valence-electron chi connectivity index (χ2n) is 6.17. The lowest BCUT2D eigenvalue weighted by Gasteiger charge is -2.38. The highest BCUT2D eigenvalue weighted by Crippen LogP contribution is 2.42. The Labute approximate surface area is 138 Å². The number of carbonyl (C=O) groups is 2. The molecule has 2 saturated carbocycles. The van der Waals surface area contributed by atoms with E-state index in [4.69, 9.17) is 23.2 Å². The van der Waals surface area contributed by atoms with Gasteiger partial charge in [0.15, 0.2) is 5.00 Å². The van der Waals surface area contributed by atoms with Gasteiger partial charge in [0.2, 0.25) is 0 Å². The summed E-state index contributed by atoms with van der Waals surface area (Å²) in [5.74, 6) is -1.69. The van der Waals surface area contributed by atoms with E-state index in [2.05, 4.69) is 5.32 Å². The van der Waals surface area contributed by atoms with Crippen molar-refractivity contribution >= 4 is 35.2 Å². The minimum absolute atomic E-state index is 0.129. The Morgan fingerprint density at radius 2 is 1.82 bits per heavy atom. The molecule has 22 heavy (non-hydrogen) atoms. The minimum Gasteiger partial charge on any atom is -0.478 e. The standard InChI is InChI=1S/C15H18Cl2N2O3/c1-8-11(13(20)21)6-7-12(16)15(8,17)18-14(22)19(9-2-3-9)10-4-5-10/h6-10H,2-5H2,1H3,(H,18,22)(H,20,21). The molecule has 2 N–H and O–H groups in total. The molecule has 3 aliphatic carbocycles. The summed E-state index contributed by atoms with van der Waals surface area (Å²) in [6.07, 6.45) is 6.92. The van der Waals surface area contributed by atoms with Gasteiger partial charge in [-0.2, -0.15) is 0 Å². The molecular formula is C15H18Cl2N2O3. The predicted octanol–water partition coefficient (Wildman–Crippen LogP) is 3.04. The van der Waals surface area contributed by atoms with Crippen LogP contribution in [0.1, 0.15) is 32.6 Å². The number of hydrogen-bond acceptors (Lipinski definition) is 2. The first-order valence-corrected chi connectivity index (χ1v) is 8.20. The van der Waals surface area contributed by atoms with Crippen LogP contribution in [0, 0.1) is 5.92 Å². The lowest BCUT2D eigenvalue weighted by molar-refractivity contribution is -0.133. The maximum Gasteiger partial charge on any atom is 0.331 e. The Balaban J connectivity index is 1.80. The van der Waals surface area contributed by atoms with E-state index in [1.54, 1.807) is 6.92 Å². The van der Waals surface area contributed by atoms with Gasteiger partial charge in [-0.1, -0.05) is 36.2 Å². The van der Waals surface area contributed by atoms with Gasteiger partial charge in [0, 0.05) is 23.6 Å². The number of carboxylic acid groups (broad SMARTS) is 1. The molecule has 0 heterocycles. The summed E-state index contributed by atoms with van der Waals surface area (Å²) in [5, 5.41) is 12.2. The third kappa shape index (κ3) is 2.72. The zero-order valence-corrected chi connectivity index (χ0v) is 13.7. The van der Waals surface area contributed by atoms with Gasteiger partial charge < -0.3 is 15.3 Å². The first-order chi connectivity index (χ1) is 10.3. The fourth-order valence-corrected chi connectivity index (χ4v) is 3.36. The fraction of sp³-hybridized carbons (Fsp3) is 0.600. The molecular weight excluding hydrogens is 327 g/mol. The van der Waals surface area contributed by atoms with Crippen molar-refractivity contribution in [1.82, 2.24) is 10.2 Å². The number of nitrogens with zero attached hydrogens (tertiary/aromatic N) is 1. The summed E-state index contributed by atoms with van der Waals surface area (Å²) < 4.78 is 0. The molecule has 2 fully saturated rings. The van der Waals surface area contributed by atoms with E-state index < -0.39 is 16.9 Å². The maximum atomic E-state index is 12.6. The number of carboxylic acids is 1. The fourth-order valence-electron chi connectivity index (χ4n) is 2.83. The molecule has 0 bridgehead atoms. The molecule has 120 valence electrons. The molecule has 3 rings (SSSR count). The Morgan fingerprint density at radius 1 is 1.27 bits per heavy atom. The van der Waals surface area contributed by atoms with Crippen molar-refractivity contribution in [3.8, 4) is 0 Å². The molecule has 0 saturated heterocycles. The molecule has 5 nitrogen and oxygen atoms in total. The minimum atomic E-state index is -1.41. The van der Waals surface area contributed by atoms with Crippen molar-refractivity contribution in [3.05, 3.63) is 22.8 Å². The van der Waals surface area contributed by atoms with Gasteiger partial charge in [0.25, 0.3) is 0 Å². The number of allylic oxidation sites excluding steroid dienone is 2. The van der Waals surface area contributed by atoms with Crippen LogP contribution in [0.3, 0.4) is 0 Å². The molecule has 0 aromatic carbocycles. The van der Waals surface area contributed by atoms with Crippen molar-refractivity contribution in [1.29, 1.82) is 0 Å². The lowest BCUT2D eigenvalue weighted by atomic mass is 9.88. The van der Waals surface area contributed by atoms with Gasteiger partial charge in [-0.15, -0.1) is 0 Å². The third-order valence-electron chi connectivity index (χ3n) is 4.47. The number of alkyl halides is 1. The molecule has 0 radical (unpaired) electrons. The van der Waals surface area contributed by atoms with Crippen LogP contribution in [0.15, 0.2) is 22.8 Å². The molecule has 2 atom stereocenters. The molecule has 0 aliphatic heterocycles. The number of rotatable bonds is 4. The number of carbonyl (C=O) groups excluding carboxylic acids is 1. The van der Waals surface area contributed by atoms with E-state index in [9.17, 15) is 14.7 Å². The molecule has 3 aliphatic rings. The van der Waals surface area contributed by atoms with Gasteiger partial charge in [0.05, 0.1) is 5.03 Å². The van der Waals surface area contributed by atoms with E-state index >= 15 is 0 Å². The smallest absolute Gasteiger partial charge is 0.331 e. The van der Waals surface area contributed by atoms with Crippen LogP contribution >= 0.6 is 23.2 Å². The summed E-state index contributed by atoms with van der Waals surface area (Å²) in [6.45, 7) is 1.65. The quantitative estimate of drug-likeness (QED) is 0.608. The van der Waals surface area contributed by atoms with Gasteiger partial charge in [-0.25, -0.2) is 9.59 Å². The second kappa shape index (κ2) is 5.46. The first-order valence-electron chi connectivity index (χ1n) is 7.45. The van der Waals surface area contributed by atoms with Gasteiger partial charge in [0.1, 0.15) is 0 Å². The SMILES string of the molecule is CC1C(C(=O)O)=CC=C(Cl)C1(Cl)NC(=O)N(C1CC1)C1CC1. The van der Waals surface area contributed by atoms with Crippen LogP contribution in [0.25, 0.3) is 0 Å². The number of nitrogens with one attached hydrogen (secondary N) is 1. The number of amides is 2. The number of urea groups is 1. The highest BCUT2D eigenvalue weighted by molar-refractivity contribution is 6.40. The van der Waals surface area contributed by atoms with Crippen LogP contribution < -0.4 is 5.32 Å². The average molecular weight is 345 g/mol. The summed E-state index contributed by atoms with van der Waals surface area (Å²) in [4.78, 5) is 24.4. The van der Waals surface area contributed by atoms with Crippen LogP contribution in [-0.2, 0) is 4.79 Å². The van der Waals surface area contributed by atoms with Crippen molar-refractivity contribution in [3.63, 3.8) is 0 Å². The monoisotopic (exact) mass is 344 g/mol. The summed E-state index contributed by atoms with van der Waals surface area (Å²) >= 11 is 12.7. The second-order valence-corrected chi connectivity index (χ2v) is 7.18. The Kier molecular flexibility index (Phi) is 3.89. The molecule has 0 aromatic rings. The highest BCUT2D eigenvalue weighted by atomic mass is 35.5. The summed E-state index contributed by atoms with van der Waals surface area (Å²) in [6, 6.07) is 0.304. The zero-order chi connectivity index (χ0) is 16.1. The zero-order valence-electron chi connectivity index (χ0n) is 12.2. The predicted molar refractivity (Wildman–Crippen MR) is 83.8 cm³/mol. The van der Waals surface area contributed by atoms with Crippen LogP contribution in [0.5, 0.6) is 0 Å². The van der Waals surface area contributed by atoms with E-state index in [0.717, 1.165) is 25.7 Å². The number of hydrogen-bond donors (Lipinski definition) is 2. The van der Waals surface area contributed by atoms with E-state index in [1.807, 2.05) is 4.90 Å². The van der Waals surface area contributed by atoms with Gasteiger partial charge in [-0.3, -0.25) is 0 Å². The van der Waals surface area contributed by atoms with Gasteiger partial charge >= 0.3 is 12.0 Å². The van der Waals surface area contributed by atoms with Crippen molar-refractivity contribution in [2.24, 2.45) is 5.92 Å². The van der Waals surface area contributed by atoms with E-state index in [0.29, 0.717) is 0 Å². The van der Waals surface area contributed by atoms with Crippen LogP contribution in [0.4, 0.5) is 4.79 Å². The summed E-state index contributed by atoms with van der Waals surface area (Å²) in [7, 11) is 0. The van der Waals surface area contributed by atoms with Crippen molar-refractivity contribution in [2.75, 3.05) is 0 Å².